The molecule has 1 amide bonds. The first-order valence-corrected chi connectivity index (χ1v) is 5.87. The number of carbonyl (C=O) groups is 1. The third kappa shape index (κ3) is 4.10. The van der Waals surface area contributed by atoms with Crippen molar-refractivity contribution in [1.29, 1.82) is 0 Å². The lowest BCUT2D eigenvalue weighted by Crippen LogP contribution is -2.32. The third-order valence-corrected chi connectivity index (χ3v) is 2.94. The number of nitrogens with one attached hydrogen (secondary N) is 1. The van der Waals surface area contributed by atoms with E-state index in [0.29, 0.717) is 18.2 Å². The van der Waals surface area contributed by atoms with Crippen molar-refractivity contribution in [3.8, 4) is 0 Å². The summed E-state index contributed by atoms with van der Waals surface area (Å²) in [6, 6.07) is 7.75. The Morgan fingerprint density at radius 3 is 2.56 bits per heavy atom. The number of nitrogens with zero attached hydrogens (tertiary/aromatic N) is 1. The van der Waals surface area contributed by atoms with Gasteiger partial charge in [-0.1, -0.05) is 12.1 Å². The molecule has 0 fully saturated rings. The molecule has 0 bridgehead atoms. The summed E-state index contributed by atoms with van der Waals surface area (Å²) in [5, 5.41) is 0. The minimum atomic E-state index is -0.275. The standard InChI is InChI=1S/C13H21N3O2/c1-10(9-18-3)16(2)8-11-4-6-12(7-5-11)13(17)15-14/h4-7,10H,8-9,14H2,1-3H3,(H,15,17). The van der Waals surface area contributed by atoms with E-state index < -0.39 is 0 Å². The fourth-order valence-corrected chi connectivity index (χ4v) is 1.66. The first kappa shape index (κ1) is 14.6. The Morgan fingerprint density at radius 1 is 1.44 bits per heavy atom. The molecule has 1 aromatic rings. The van der Waals surface area contributed by atoms with Gasteiger partial charge >= 0.3 is 0 Å². The Hall–Kier alpha value is -1.43. The summed E-state index contributed by atoms with van der Waals surface area (Å²) in [4.78, 5) is 13.5. The zero-order valence-corrected chi connectivity index (χ0v) is 11.1. The monoisotopic (exact) mass is 251 g/mol. The number of likely N-dealkylation sites (N-methyl/N-ethyl adjacent to an activating group) is 1. The Labute approximate surface area is 108 Å². The molecule has 1 unspecified atom stereocenters. The van der Waals surface area contributed by atoms with Gasteiger partial charge in [0.15, 0.2) is 0 Å². The second-order valence-corrected chi connectivity index (χ2v) is 4.39. The highest BCUT2D eigenvalue weighted by Crippen LogP contribution is 2.08. The second-order valence-electron chi connectivity index (χ2n) is 4.39. The van der Waals surface area contributed by atoms with Gasteiger partial charge in [0.05, 0.1) is 6.61 Å². The van der Waals surface area contributed by atoms with Crippen molar-refractivity contribution in [3.05, 3.63) is 35.4 Å². The summed E-state index contributed by atoms with van der Waals surface area (Å²) >= 11 is 0. The van der Waals surface area contributed by atoms with Crippen molar-refractivity contribution in [2.24, 2.45) is 5.84 Å². The van der Waals surface area contributed by atoms with Crippen LogP contribution >= 0.6 is 0 Å². The van der Waals surface area contributed by atoms with E-state index in [-0.39, 0.29) is 5.91 Å². The van der Waals surface area contributed by atoms with Crippen LogP contribution in [0.15, 0.2) is 24.3 Å². The van der Waals surface area contributed by atoms with Gasteiger partial charge in [0.25, 0.3) is 5.91 Å². The summed E-state index contributed by atoms with van der Waals surface area (Å²) in [5.74, 6) is 4.80. The maximum atomic E-state index is 11.3. The van der Waals surface area contributed by atoms with Crippen LogP contribution < -0.4 is 11.3 Å². The van der Waals surface area contributed by atoms with Gasteiger partial charge in [-0.05, 0) is 31.7 Å². The van der Waals surface area contributed by atoms with Crippen LogP contribution in [0.25, 0.3) is 0 Å². The summed E-state index contributed by atoms with van der Waals surface area (Å²) in [7, 11) is 3.74. The Balaban J connectivity index is 2.60. The predicted molar refractivity (Wildman–Crippen MR) is 70.9 cm³/mol. The number of hydrogen-bond acceptors (Lipinski definition) is 4. The maximum Gasteiger partial charge on any atom is 0.265 e. The summed E-state index contributed by atoms with van der Waals surface area (Å²) in [6.07, 6.45) is 0. The number of carbonyl (C=O) groups excluding carboxylic acids is 1. The minimum absolute atomic E-state index is 0.275. The van der Waals surface area contributed by atoms with Gasteiger partial charge in [-0.15, -0.1) is 0 Å². The molecule has 0 aromatic heterocycles. The van der Waals surface area contributed by atoms with Crippen LogP contribution in [0.5, 0.6) is 0 Å². The molecule has 1 atom stereocenters. The van der Waals surface area contributed by atoms with Crippen LogP contribution in [0.4, 0.5) is 0 Å². The molecule has 0 aliphatic rings. The molecule has 0 aliphatic carbocycles. The van der Waals surface area contributed by atoms with Gasteiger partial charge in [-0.25, -0.2) is 5.84 Å². The molecule has 1 rings (SSSR count). The van der Waals surface area contributed by atoms with Crippen molar-refractivity contribution in [3.63, 3.8) is 0 Å². The predicted octanol–water partition coefficient (Wildman–Crippen LogP) is 0.757. The van der Waals surface area contributed by atoms with Crippen molar-refractivity contribution < 1.29 is 9.53 Å². The molecule has 5 heteroatoms. The van der Waals surface area contributed by atoms with Crippen molar-refractivity contribution >= 4 is 5.91 Å². The molecule has 1 aromatic carbocycles. The average Bonchev–Trinajstić information content (AvgIpc) is 2.39. The van der Waals surface area contributed by atoms with Gasteiger partial charge in [0.2, 0.25) is 0 Å². The number of benzene rings is 1. The zero-order chi connectivity index (χ0) is 13.5. The van der Waals surface area contributed by atoms with Gasteiger partial charge in [-0.2, -0.15) is 0 Å². The molecule has 0 heterocycles. The molecule has 100 valence electrons. The van der Waals surface area contributed by atoms with E-state index in [0.717, 1.165) is 12.1 Å². The van der Waals surface area contributed by atoms with Crippen LogP contribution in [0, 0.1) is 0 Å². The van der Waals surface area contributed by atoms with Crippen molar-refractivity contribution in [2.75, 3.05) is 20.8 Å². The lowest BCUT2D eigenvalue weighted by Gasteiger charge is -2.24. The smallest absolute Gasteiger partial charge is 0.265 e. The fraction of sp³-hybridized carbons (Fsp3) is 0.462. The molecule has 0 radical (unpaired) electrons. The van der Waals surface area contributed by atoms with Crippen LogP contribution in [0.3, 0.4) is 0 Å². The van der Waals surface area contributed by atoms with E-state index in [4.69, 9.17) is 10.6 Å². The fourth-order valence-electron chi connectivity index (χ4n) is 1.66. The molecule has 18 heavy (non-hydrogen) atoms. The van der Waals surface area contributed by atoms with Crippen LogP contribution in [-0.2, 0) is 11.3 Å². The number of hydrogen-bond donors (Lipinski definition) is 2. The van der Waals surface area contributed by atoms with Gasteiger partial charge in [0, 0.05) is 25.3 Å². The van der Waals surface area contributed by atoms with Crippen molar-refractivity contribution in [2.45, 2.75) is 19.5 Å². The number of ether oxygens (including phenoxy) is 1. The summed E-state index contributed by atoms with van der Waals surface area (Å²) in [6.45, 7) is 3.62. The van der Waals surface area contributed by atoms with Crippen LogP contribution in [-0.4, -0.2) is 37.6 Å². The molecular formula is C13H21N3O2. The lowest BCUT2D eigenvalue weighted by molar-refractivity contribution is 0.0953. The molecule has 0 saturated carbocycles. The second kappa shape index (κ2) is 7.10. The van der Waals surface area contributed by atoms with E-state index in [2.05, 4.69) is 17.2 Å². The molecule has 5 nitrogen and oxygen atoms in total. The number of amides is 1. The number of rotatable bonds is 6. The van der Waals surface area contributed by atoms with Crippen LogP contribution in [0.1, 0.15) is 22.8 Å². The number of nitrogen functional groups attached to an aromatic ring is 1. The first-order valence-electron chi connectivity index (χ1n) is 5.87. The van der Waals surface area contributed by atoms with Gasteiger partial charge in [0.1, 0.15) is 0 Å². The Morgan fingerprint density at radius 2 is 2.06 bits per heavy atom. The summed E-state index contributed by atoms with van der Waals surface area (Å²) < 4.78 is 5.12. The highest BCUT2D eigenvalue weighted by molar-refractivity contribution is 5.93. The largest absolute Gasteiger partial charge is 0.383 e. The van der Waals surface area contributed by atoms with Crippen molar-refractivity contribution in [1.82, 2.24) is 10.3 Å². The third-order valence-electron chi connectivity index (χ3n) is 2.94. The minimum Gasteiger partial charge on any atom is -0.383 e. The van der Waals surface area contributed by atoms with Crippen LogP contribution in [0.2, 0.25) is 0 Å². The average molecular weight is 251 g/mol. The zero-order valence-electron chi connectivity index (χ0n) is 11.1. The lowest BCUT2D eigenvalue weighted by atomic mass is 10.1. The van der Waals surface area contributed by atoms with E-state index in [1.54, 1.807) is 19.2 Å². The quantitative estimate of drug-likeness (QED) is 0.445. The molecule has 0 saturated heterocycles. The number of methoxy groups -OCH3 is 1. The highest BCUT2D eigenvalue weighted by Gasteiger charge is 2.09. The van der Waals surface area contributed by atoms with Gasteiger partial charge in [-0.3, -0.25) is 15.1 Å². The van der Waals surface area contributed by atoms with E-state index >= 15 is 0 Å². The molecule has 0 aliphatic heterocycles. The molecular weight excluding hydrogens is 230 g/mol. The maximum absolute atomic E-state index is 11.3. The van der Waals surface area contributed by atoms with E-state index in [1.165, 1.54) is 0 Å². The molecule has 3 N–H and O–H groups in total. The Kier molecular flexibility index (Phi) is 5.77. The van der Waals surface area contributed by atoms with E-state index in [9.17, 15) is 4.79 Å². The van der Waals surface area contributed by atoms with Gasteiger partial charge < -0.3 is 4.74 Å². The normalized spacial score (nSPS) is 12.5. The number of nitrogens with two attached hydrogens (primary N) is 1. The number of hydrazine groups is 1. The SMILES string of the molecule is COCC(C)N(C)Cc1ccc(C(=O)NN)cc1. The topological polar surface area (TPSA) is 67.6 Å². The Bertz CT molecular complexity index is 378. The summed E-state index contributed by atoms with van der Waals surface area (Å²) in [5.41, 5.74) is 3.82. The van der Waals surface area contributed by atoms with E-state index in [1.807, 2.05) is 19.2 Å². The highest BCUT2D eigenvalue weighted by atomic mass is 16.5. The first-order chi connectivity index (χ1) is 8.58. The molecule has 0 spiro atoms.